The third-order valence-corrected chi connectivity index (χ3v) is 5.08. The summed E-state index contributed by atoms with van der Waals surface area (Å²) in [5.74, 6) is -0.325. The van der Waals surface area contributed by atoms with Crippen molar-refractivity contribution in [1.82, 2.24) is 19.9 Å². The molecule has 0 fully saturated rings. The smallest absolute Gasteiger partial charge is 0.243 e. The number of aromatic nitrogens is 3. The molecule has 4 rings (SSSR count). The van der Waals surface area contributed by atoms with Gasteiger partial charge in [-0.05, 0) is 49.2 Å². The van der Waals surface area contributed by atoms with Crippen LogP contribution in [0.25, 0.3) is 22.2 Å². The third-order valence-electron chi connectivity index (χ3n) is 5.08. The van der Waals surface area contributed by atoms with Gasteiger partial charge in [0.25, 0.3) is 0 Å². The van der Waals surface area contributed by atoms with Gasteiger partial charge in [0.1, 0.15) is 11.9 Å². The topological polar surface area (TPSA) is 62.7 Å². The van der Waals surface area contributed by atoms with Crippen molar-refractivity contribution in [2.24, 2.45) is 0 Å². The largest absolute Gasteiger partial charge is 0.354 e. The van der Waals surface area contributed by atoms with E-state index in [1.165, 1.54) is 6.07 Å². The molecule has 6 heteroatoms. The molecular weight excluding hydrogens is 355 g/mol. The molecule has 2 aromatic carbocycles. The molecule has 0 aliphatic rings. The van der Waals surface area contributed by atoms with Gasteiger partial charge in [0.15, 0.2) is 0 Å². The van der Waals surface area contributed by atoms with E-state index in [0.29, 0.717) is 12.1 Å². The van der Waals surface area contributed by atoms with Crippen molar-refractivity contribution in [3.63, 3.8) is 0 Å². The molecule has 0 unspecified atom stereocenters. The maximum atomic E-state index is 14.2. The predicted octanol–water partition coefficient (Wildman–Crippen LogP) is 4.36. The zero-order chi connectivity index (χ0) is 19.7. The van der Waals surface area contributed by atoms with Gasteiger partial charge in [0.05, 0.1) is 12.0 Å². The summed E-state index contributed by atoms with van der Waals surface area (Å²) >= 11 is 0. The summed E-state index contributed by atoms with van der Waals surface area (Å²) in [6.45, 7) is 4.23. The summed E-state index contributed by atoms with van der Waals surface area (Å²) in [6, 6.07) is 12.4. The van der Waals surface area contributed by atoms with Crippen molar-refractivity contribution >= 4 is 16.8 Å². The van der Waals surface area contributed by atoms with Crippen LogP contribution in [0.15, 0.2) is 61.2 Å². The van der Waals surface area contributed by atoms with Crippen molar-refractivity contribution in [3.8, 4) is 11.3 Å². The van der Waals surface area contributed by atoms with E-state index in [4.69, 9.17) is 0 Å². The summed E-state index contributed by atoms with van der Waals surface area (Å²) in [5.41, 5.74) is 4.25. The second-order valence-corrected chi connectivity index (χ2v) is 6.89. The molecule has 0 aliphatic heterocycles. The van der Waals surface area contributed by atoms with Crippen LogP contribution in [0.5, 0.6) is 0 Å². The molecule has 142 valence electrons. The number of carbonyl (C=O) groups is 1. The van der Waals surface area contributed by atoms with Gasteiger partial charge in [-0.15, -0.1) is 0 Å². The Labute approximate surface area is 162 Å². The molecular formula is C22H21FN4O. The first-order valence-electron chi connectivity index (χ1n) is 9.16. The van der Waals surface area contributed by atoms with Crippen LogP contribution >= 0.6 is 0 Å². The number of fused-ring (bicyclic) bond motifs is 1. The Morgan fingerprint density at radius 1 is 1.29 bits per heavy atom. The second-order valence-electron chi connectivity index (χ2n) is 6.89. The fraction of sp³-hybridized carbons (Fsp3) is 0.182. The lowest BCUT2D eigenvalue weighted by molar-refractivity contribution is -0.124. The monoisotopic (exact) mass is 376 g/mol. The molecule has 2 heterocycles. The van der Waals surface area contributed by atoms with Gasteiger partial charge in [-0.25, -0.2) is 9.37 Å². The number of amides is 1. The van der Waals surface area contributed by atoms with Crippen molar-refractivity contribution in [2.75, 3.05) is 0 Å². The van der Waals surface area contributed by atoms with Crippen molar-refractivity contribution in [3.05, 3.63) is 78.1 Å². The van der Waals surface area contributed by atoms with Crippen LogP contribution in [0, 0.1) is 12.7 Å². The van der Waals surface area contributed by atoms with Crippen LogP contribution in [-0.4, -0.2) is 20.4 Å². The Hall–Kier alpha value is -3.41. The molecule has 0 aliphatic carbocycles. The van der Waals surface area contributed by atoms with Gasteiger partial charge >= 0.3 is 0 Å². The average molecular weight is 376 g/mol. The number of hydrogen-bond donors (Lipinski definition) is 2. The zero-order valence-corrected chi connectivity index (χ0v) is 15.7. The number of rotatable bonds is 5. The summed E-state index contributed by atoms with van der Waals surface area (Å²) in [7, 11) is 0. The lowest BCUT2D eigenvalue weighted by Crippen LogP contribution is -2.30. The van der Waals surface area contributed by atoms with Crippen LogP contribution < -0.4 is 5.32 Å². The minimum Gasteiger partial charge on any atom is -0.354 e. The highest BCUT2D eigenvalue weighted by atomic mass is 19.1. The van der Waals surface area contributed by atoms with Crippen LogP contribution in [0.2, 0.25) is 0 Å². The Morgan fingerprint density at radius 3 is 2.86 bits per heavy atom. The first-order chi connectivity index (χ1) is 13.5. The Balaban J connectivity index is 1.56. The standard InChI is InChI=1S/C22H21FN4O/c1-14-18-11-16(12-25-22(28)15(2)27-10-9-24-13-27)7-8-20(18)26-21(14)17-5-3-4-6-19(17)23/h3-11,13,15,26H,12H2,1-2H3,(H,25,28)/t15-/m1/s1. The lowest BCUT2D eigenvalue weighted by Gasteiger charge is -2.13. The van der Waals surface area contributed by atoms with Crippen molar-refractivity contribution in [2.45, 2.75) is 26.4 Å². The minimum atomic E-state index is -0.326. The molecule has 5 nitrogen and oxygen atoms in total. The molecule has 0 spiro atoms. The summed E-state index contributed by atoms with van der Waals surface area (Å²) < 4.78 is 16.0. The highest BCUT2D eigenvalue weighted by Gasteiger charge is 2.15. The number of halogens is 1. The van der Waals surface area contributed by atoms with Crippen molar-refractivity contribution in [1.29, 1.82) is 0 Å². The fourth-order valence-electron chi connectivity index (χ4n) is 3.39. The number of benzene rings is 2. The number of aromatic amines is 1. The molecule has 0 bridgehead atoms. The highest BCUT2D eigenvalue weighted by Crippen LogP contribution is 2.31. The number of hydrogen-bond acceptors (Lipinski definition) is 2. The molecule has 1 atom stereocenters. The maximum Gasteiger partial charge on any atom is 0.243 e. The SMILES string of the molecule is Cc1c(-c2ccccc2F)[nH]c2ccc(CNC(=O)[C@@H](C)n3ccnc3)cc12. The number of nitrogens with one attached hydrogen (secondary N) is 2. The lowest BCUT2D eigenvalue weighted by atomic mass is 10.0. The summed E-state index contributed by atoms with van der Waals surface area (Å²) in [5, 5.41) is 3.98. The molecule has 4 aromatic rings. The molecule has 2 aromatic heterocycles. The van der Waals surface area contributed by atoms with Crippen LogP contribution in [0.4, 0.5) is 4.39 Å². The van der Waals surface area contributed by atoms with E-state index in [2.05, 4.69) is 15.3 Å². The molecule has 0 saturated heterocycles. The average Bonchev–Trinajstić information content (AvgIpc) is 3.35. The number of nitrogens with zero attached hydrogens (tertiary/aromatic N) is 2. The van der Waals surface area contributed by atoms with E-state index in [0.717, 1.165) is 27.7 Å². The first-order valence-corrected chi connectivity index (χ1v) is 9.16. The fourth-order valence-corrected chi connectivity index (χ4v) is 3.39. The zero-order valence-electron chi connectivity index (χ0n) is 15.7. The number of carbonyl (C=O) groups excluding carboxylic acids is 1. The van der Waals surface area contributed by atoms with Crippen LogP contribution in [0.3, 0.4) is 0 Å². The Kier molecular flexibility index (Phi) is 4.69. The van der Waals surface area contributed by atoms with Gasteiger partial charge in [-0.2, -0.15) is 0 Å². The van der Waals surface area contributed by atoms with Crippen molar-refractivity contribution < 1.29 is 9.18 Å². The molecule has 1 amide bonds. The van der Waals surface area contributed by atoms with Gasteiger partial charge in [0.2, 0.25) is 5.91 Å². The first kappa shape index (κ1) is 18.0. The minimum absolute atomic E-state index is 0.0732. The maximum absolute atomic E-state index is 14.2. The van der Waals surface area contributed by atoms with E-state index in [9.17, 15) is 9.18 Å². The Bertz CT molecular complexity index is 1130. The molecule has 28 heavy (non-hydrogen) atoms. The molecule has 2 N–H and O–H groups in total. The predicted molar refractivity (Wildman–Crippen MR) is 107 cm³/mol. The number of imidazole rings is 1. The van der Waals surface area contributed by atoms with Gasteiger partial charge in [-0.1, -0.05) is 18.2 Å². The highest BCUT2D eigenvalue weighted by molar-refractivity contribution is 5.91. The molecule has 0 saturated carbocycles. The van der Waals surface area contributed by atoms with E-state index < -0.39 is 0 Å². The van der Waals surface area contributed by atoms with E-state index in [1.54, 1.807) is 35.4 Å². The second kappa shape index (κ2) is 7.31. The third kappa shape index (κ3) is 3.29. The van der Waals surface area contributed by atoms with Gasteiger partial charge in [-0.3, -0.25) is 4.79 Å². The van der Waals surface area contributed by atoms with E-state index >= 15 is 0 Å². The van der Waals surface area contributed by atoms with E-state index in [-0.39, 0.29) is 17.8 Å². The van der Waals surface area contributed by atoms with Crippen LogP contribution in [-0.2, 0) is 11.3 Å². The van der Waals surface area contributed by atoms with E-state index in [1.807, 2.05) is 38.1 Å². The summed E-state index contributed by atoms with van der Waals surface area (Å²) in [6.07, 6.45) is 5.05. The summed E-state index contributed by atoms with van der Waals surface area (Å²) in [4.78, 5) is 19.7. The Morgan fingerprint density at radius 2 is 2.11 bits per heavy atom. The number of H-pyrrole nitrogens is 1. The number of aryl methyl sites for hydroxylation is 1. The normalized spacial score (nSPS) is 12.2. The molecule has 0 radical (unpaired) electrons. The van der Waals surface area contributed by atoms with Gasteiger partial charge < -0.3 is 14.9 Å². The quantitative estimate of drug-likeness (QED) is 0.544. The van der Waals surface area contributed by atoms with Gasteiger partial charge in [0, 0.05) is 35.4 Å². The van der Waals surface area contributed by atoms with Crippen LogP contribution in [0.1, 0.15) is 24.1 Å².